The number of hydrogen-bond donors (Lipinski definition) is 14. The molecule has 0 saturated carbocycles. The first-order valence-corrected chi connectivity index (χ1v) is 28.1. The zero-order chi connectivity index (χ0) is 57.8. The van der Waals surface area contributed by atoms with E-state index in [0.717, 1.165) is 4.90 Å². The summed E-state index contributed by atoms with van der Waals surface area (Å²) >= 11 is 1.40. The summed E-state index contributed by atoms with van der Waals surface area (Å²) in [6.07, 6.45) is -3.95. The summed E-state index contributed by atoms with van der Waals surface area (Å²) in [6, 6.07) is -7.39. The number of phenolic OH excluding ortho intramolecular Hbond substituents is 1. The first kappa shape index (κ1) is 62.3. The molecule has 4 heterocycles. The van der Waals surface area contributed by atoms with E-state index in [9.17, 15) is 68.4 Å². The van der Waals surface area contributed by atoms with Gasteiger partial charge in [-0.1, -0.05) is 27.2 Å². The molecule has 10 amide bonds. The highest BCUT2D eigenvalue weighted by Crippen LogP contribution is 2.36. The molecule has 78 heavy (non-hydrogen) atoms. The maximum Gasteiger partial charge on any atom is 0.407 e. The lowest BCUT2D eigenvalue weighted by atomic mass is 9.93. The van der Waals surface area contributed by atoms with E-state index in [1.54, 1.807) is 34.6 Å². The zero-order valence-corrected chi connectivity index (χ0v) is 46.0. The number of ether oxygens (including phenoxy) is 1. The number of nitrogens with one attached hydrogen (secondary N) is 9. The molecule has 2 bridgehead atoms. The second kappa shape index (κ2) is 27.8. The minimum Gasteiger partial charge on any atom is -0.508 e. The Hall–Kier alpha value is -6.56. The van der Waals surface area contributed by atoms with E-state index in [4.69, 9.17) is 10.5 Å². The number of phenols is 1. The monoisotopic (exact) mass is 1140 g/mol. The molecule has 2 aromatic rings. The number of nitrogens with two attached hydrogens (primary N) is 1. The van der Waals surface area contributed by atoms with Crippen LogP contribution in [0.1, 0.15) is 84.8 Å². The Labute approximate surface area is 456 Å². The normalized spacial score (nSPS) is 25.6. The Balaban J connectivity index is 1.69. The number of aromatic hydroxyl groups is 1. The molecule has 11 atom stereocenters. The van der Waals surface area contributed by atoms with Crippen molar-refractivity contribution in [2.45, 2.75) is 145 Å². The summed E-state index contributed by atoms with van der Waals surface area (Å²) in [4.78, 5) is 142. The molecule has 432 valence electrons. The van der Waals surface area contributed by atoms with Gasteiger partial charge in [0.2, 0.25) is 53.2 Å². The lowest BCUT2D eigenvalue weighted by Crippen LogP contribution is -2.62. The molecule has 27 nitrogen and oxygen atoms in total. The van der Waals surface area contributed by atoms with Crippen LogP contribution in [0.3, 0.4) is 0 Å². The molecule has 1 fully saturated rings. The molecule has 3 aliphatic rings. The van der Waals surface area contributed by atoms with Crippen molar-refractivity contribution in [2.24, 2.45) is 17.6 Å². The van der Waals surface area contributed by atoms with Crippen molar-refractivity contribution in [2.75, 3.05) is 44.3 Å². The van der Waals surface area contributed by atoms with E-state index in [1.165, 1.54) is 30.8 Å². The zero-order valence-electron chi connectivity index (χ0n) is 44.4. The number of aliphatic hydroxyl groups is 3. The minimum absolute atomic E-state index is 0.0610. The summed E-state index contributed by atoms with van der Waals surface area (Å²) in [5, 5.41) is 63.1. The number of aromatic amines is 1. The van der Waals surface area contributed by atoms with Gasteiger partial charge in [0.05, 0.1) is 60.4 Å². The summed E-state index contributed by atoms with van der Waals surface area (Å²) in [6.45, 7) is 7.21. The number of unbranched alkanes of at least 4 members (excludes halogenated alkanes) is 1. The van der Waals surface area contributed by atoms with E-state index in [1.807, 2.05) is 0 Å². The van der Waals surface area contributed by atoms with E-state index in [2.05, 4.69) is 47.5 Å². The molecule has 1 unspecified atom stereocenters. The van der Waals surface area contributed by atoms with Gasteiger partial charge in [0.25, 0.3) is 0 Å². The molecule has 29 heteroatoms. The third kappa shape index (κ3) is 16.7. The van der Waals surface area contributed by atoms with Crippen LogP contribution in [0.25, 0.3) is 10.9 Å². The van der Waals surface area contributed by atoms with Crippen molar-refractivity contribution in [3.8, 4) is 5.75 Å². The van der Waals surface area contributed by atoms with Gasteiger partial charge in [0, 0.05) is 48.6 Å². The number of thioether (sulfide) groups is 1. The molecule has 0 spiro atoms. The van der Waals surface area contributed by atoms with Gasteiger partial charge in [-0.25, -0.2) is 4.79 Å². The first-order valence-electron chi connectivity index (χ1n) is 25.6. The van der Waals surface area contributed by atoms with Crippen molar-refractivity contribution in [3.05, 3.63) is 23.3 Å². The lowest BCUT2D eigenvalue weighted by molar-refractivity contribution is -0.144. The van der Waals surface area contributed by atoms with Crippen molar-refractivity contribution in [3.63, 3.8) is 0 Å². The number of alkyl carbamates (subject to hydrolysis) is 1. The molecule has 3 aliphatic heterocycles. The van der Waals surface area contributed by atoms with Gasteiger partial charge < -0.3 is 83.3 Å². The number of aliphatic hydroxyl groups excluding tert-OH is 3. The van der Waals surface area contributed by atoms with E-state index in [-0.39, 0.29) is 33.0 Å². The molecular weight excluding hydrogens is 1060 g/mol. The molecule has 15 N–H and O–H groups in total. The molecule has 1 aromatic carbocycles. The summed E-state index contributed by atoms with van der Waals surface area (Å²) in [7, 11) is -2.46. The Morgan fingerprint density at radius 2 is 1.58 bits per heavy atom. The Kier molecular flexibility index (Phi) is 22.2. The maximum absolute atomic E-state index is 15.1. The minimum atomic E-state index is -2.46. The van der Waals surface area contributed by atoms with Crippen LogP contribution in [0, 0.1) is 11.8 Å². The number of rotatable bonds is 14. The number of carbonyl (C=O) groups excluding carboxylic acids is 10. The van der Waals surface area contributed by atoms with Crippen molar-refractivity contribution in [1.82, 2.24) is 52.4 Å². The van der Waals surface area contributed by atoms with Crippen LogP contribution >= 0.6 is 11.8 Å². The molecular formula is C49H73N11O16S2. The second-order valence-electron chi connectivity index (χ2n) is 20.6. The van der Waals surface area contributed by atoms with Crippen molar-refractivity contribution >= 4 is 92.7 Å². The highest BCUT2D eigenvalue weighted by atomic mass is 32.2. The topological polar surface area (TPSA) is 419 Å². The van der Waals surface area contributed by atoms with Gasteiger partial charge >= 0.3 is 6.09 Å². The Bertz CT molecular complexity index is 2610. The number of nitrogens with zero attached hydrogens (tertiary/aromatic N) is 1. The van der Waals surface area contributed by atoms with Gasteiger partial charge in [-0.15, -0.1) is 0 Å². The third-order valence-electron chi connectivity index (χ3n) is 13.4. The van der Waals surface area contributed by atoms with Gasteiger partial charge in [0.1, 0.15) is 52.6 Å². The van der Waals surface area contributed by atoms with Crippen LogP contribution in [-0.4, -0.2) is 192 Å². The number of benzene rings is 1. The summed E-state index contributed by atoms with van der Waals surface area (Å²) < 4.78 is 20.4. The fourth-order valence-electron chi connectivity index (χ4n) is 8.98. The second-order valence-corrected chi connectivity index (χ2v) is 23.1. The van der Waals surface area contributed by atoms with Gasteiger partial charge in [-0.2, -0.15) is 11.8 Å². The fraction of sp³-hybridized carbons (Fsp3) is 0.633. The predicted octanol–water partition coefficient (Wildman–Crippen LogP) is -3.38. The van der Waals surface area contributed by atoms with Crippen LogP contribution in [0.2, 0.25) is 0 Å². The van der Waals surface area contributed by atoms with Crippen LogP contribution < -0.4 is 48.3 Å². The van der Waals surface area contributed by atoms with Crippen LogP contribution in [0.5, 0.6) is 5.75 Å². The lowest BCUT2D eigenvalue weighted by Gasteiger charge is -2.32. The van der Waals surface area contributed by atoms with Gasteiger partial charge in [-0.3, -0.25) is 47.4 Å². The van der Waals surface area contributed by atoms with E-state index in [0.29, 0.717) is 37.1 Å². The van der Waals surface area contributed by atoms with Crippen molar-refractivity contribution < 1.29 is 77.3 Å². The summed E-state index contributed by atoms with van der Waals surface area (Å²) in [5.74, 6) is -11.6. The smallest absolute Gasteiger partial charge is 0.407 e. The highest BCUT2D eigenvalue weighted by molar-refractivity contribution is 7.98. The molecule has 5 rings (SSSR count). The van der Waals surface area contributed by atoms with Gasteiger partial charge in [0.15, 0.2) is 0 Å². The maximum atomic E-state index is 15.1. The molecule has 1 aromatic heterocycles. The Morgan fingerprint density at radius 1 is 0.897 bits per heavy atom. The van der Waals surface area contributed by atoms with E-state index < -0.39 is 187 Å². The number of primary amides is 1. The van der Waals surface area contributed by atoms with E-state index >= 15 is 4.21 Å². The highest BCUT2D eigenvalue weighted by Gasteiger charge is 2.45. The average Bonchev–Trinajstić information content (AvgIpc) is 4.00. The SMILES string of the molecule is CC[C@H](C)[C@@H]1NC(=O)CNC(=O)[C@@H]2Cc3c([nH]c4c(CSCCCCNC(=O)OC(C)(C)C)c(O)ccc34)S(=O)C[C@H](NC(=O)CNC1=O)C(=O)N[C@@H](CC(N)=O)C(=O)N1C[C@H](O)C[C@H]1C(=O)N[C@@H]([C@@H](C)[C@@H](O)CO)C(=O)N2. The predicted molar refractivity (Wildman–Crippen MR) is 282 cm³/mol. The number of fused-ring (bicyclic) bond motifs is 5. The Morgan fingerprint density at radius 3 is 2.23 bits per heavy atom. The number of hydrogen-bond acceptors (Lipinski definition) is 17. The van der Waals surface area contributed by atoms with Crippen molar-refractivity contribution in [1.29, 1.82) is 0 Å². The quantitative estimate of drug-likeness (QED) is 0.0821. The number of aromatic nitrogens is 1. The molecule has 0 aliphatic carbocycles. The fourth-order valence-corrected chi connectivity index (χ4v) is 11.4. The van der Waals surface area contributed by atoms with Crippen LogP contribution in [0.4, 0.5) is 4.79 Å². The molecule has 0 radical (unpaired) electrons. The largest absolute Gasteiger partial charge is 0.508 e. The van der Waals surface area contributed by atoms with Crippen LogP contribution in [0.15, 0.2) is 17.2 Å². The first-order chi connectivity index (χ1) is 36.7. The number of amides is 10. The third-order valence-corrected chi connectivity index (χ3v) is 15.9. The number of carbonyl (C=O) groups is 10. The molecule has 1 saturated heterocycles. The standard InChI is InChI=1S/C49H73N11O16S2/c1-7-23(2)38-44(71)53-17-36(66)54-31-22-78(75)46-27(26-10-11-33(63)28(40(26)59-46)21-77-13-9-8-12-51-48(74)76-49(4,5)6)15-29(41(68)52-18-37(67)57-38)55-45(72)39(24(3)34(64)20-61)58-43(70)32-14-25(62)19-60(32)47(73)30(16-35(50)65)56-42(31)69/h10-11,23-25,29-32,34,38-39,59,61-64H,7-9,12-22H2,1-6H3,(H2,50,65)(H,51,74)(H,52,68)(H,53,71)(H,54,66)(H,55,72)(H,56,69)(H,57,67)(H,58,70)/t23-,24-,25+,29-,30-,31-,32-,34-,38-,39-,78?/m0/s1. The van der Waals surface area contributed by atoms with Gasteiger partial charge in [-0.05, 0) is 63.0 Å². The summed E-state index contributed by atoms with van der Waals surface area (Å²) in [5.41, 5.74) is 5.44. The average molecular weight is 1140 g/mol. The van der Waals surface area contributed by atoms with Crippen LogP contribution in [-0.2, 0) is 70.9 Å². The number of H-pyrrole nitrogens is 1.